The molecule has 0 saturated carbocycles. The molecular formula is C46H46Cl2N4O2. The van der Waals surface area contributed by atoms with E-state index in [0.717, 1.165) is 47.0 Å². The Labute approximate surface area is 325 Å². The molecule has 1 N–H and O–H groups in total. The molecule has 0 amide bonds. The van der Waals surface area contributed by atoms with Gasteiger partial charge in [0, 0.05) is 45.7 Å². The van der Waals surface area contributed by atoms with E-state index in [1.54, 1.807) is 0 Å². The lowest BCUT2D eigenvalue weighted by atomic mass is 10.00. The lowest BCUT2D eigenvalue weighted by molar-refractivity contribution is 0.482. The number of hydrogen-bond donors (Lipinski definition) is 1. The zero-order valence-electron chi connectivity index (χ0n) is 31.2. The average Bonchev–Trinajstić information content (AvgIpc) is 3.71. The lowest BCUT2D eigenvalue weighted by Gasteiger charge is -2.24. The molecule has 3 aromatic heterocycles. The molecule has 9 rings (SSSR count). The van der Waals surface area contributed by atoms with Gasteiger partial charge in [0.25, 0.3) is 0 Å². The number of para-hydroxylation sites is 1. The van der Waals surface area contributed by atoms with Crippen molar-refractivity contribution in [3.05, 3.63) is 82.3 Å². The molecule has 1 aliphatic heterocycles. The van der Waals surface area contributed by atoms with Gasteiger partial charge in [0.1, 0.15) is 26.8 Å². The average molecular weight is 758 g/mol. The van der Waals surface area contributed by atoms with Crippen molar-refractivity contribution in [1.82, 2.24) is 14.5 Å². The van der Waals surface area contributed by atoms with Gasteiger partial charge in [0.05, 0.1) is 22.2 Å². The topological polar surface area (TPSA) is 65.1 Å². The molecule has 276 valence electrons. The van der Waals surface area contributed by atoms with E-state index >= 15 is 0 Å². The first-order valence-corrected chi connectivity index (χ1v) is 20.8. The van der Waals surface area contributed by atoms with Gasteiger partial charge in [-0.25, -0.2) is 9.97 Å². The monoisotopic (exact) mass is 756 g/mol. The zero-order valence-corrected chi connectivity index (χ0v) is 32.7. The Morgan fingerprint density at radius 1 is 0.667 bits per heavy atom. The number of rotatable bonds is 14. The Balaban J connectivity index is 1.08. The van der Waals surface area contributed by atoms with E-state index in [9.17, 15) is 0 Å². The van der Waals surface area contributed by atoms with Crippen LogP contribution in [0.1, 0.15) is 96.5 Å². The van der Waals surface area contributed by atoms with E-state index in [1.165, 1.54) is 97.9 Å². The van der Waals surface area contributed by atoms with E-state index in [2.05, 4.69) is 84.4 Å². The maximum atomic E-state index is 7.19. The molecule has 0 aliphatic carbocycles. The number of nitrogens with zero attached hydrogens (tertiary/aromatic N) is 3. The Morgan fingerprint density at radius 2 is 1.44 bits per heavy atom. The van der Waals surface area contributed by atoms with Crippen molar-refractivity contribution in [3.8, 4) is 11.5 Å². The summed E-state index contributed by atoms with van der Waals surface area (Å²) in [6.45, 7) is 5.48. The number of benzene rings is 5. The largest absolute Gasteiger partial charge is 0.451 e. The summed E-state index contributed by atoms with van der Waals surface area (Å²) in [5, 5.41) is 8.96. The molecule has 0 bridgehead atoms. The standard InChI is InChI=1S/C46H46Cl2N4O2/c1-3-5-7-9-11-13-18-28-19-17-21-32-40(28)31-25-35-38(26-33(31)49-32)53-45-41(47)44-46(42(48)43(45)51-35)54-39-27-37-30(24-34(39)50-44)29-20-14-15-22-36(29)52(37)23-16-12-10-8-6-4-2/h14-15,17,19-22,24-27,50H,3-13,16,18,23H2,1-2H3. The summed E-state index contributed by atoms with van der Waals surface area (Å²) < 4.78 is 15.6. The molecule has 0 spiro atoms. The lowest BCUT2D eigenvalue weighted by Crippen LogP contribution is -2.06. The summed E-state index contributed by atoms with van der Waals surface area (Å²) in [6.07, 6.45) is 16.1. The van der Waals surface area contributed by atoms with Crippen molar-refractivity contribution in [1.29, 1.82) is 0 Å². The number of ether oxygens (including phenoxy) is 1. The predicted octanol–water partition coefficient (Wildman–Crippen LogP) is 15.2. The van der Waals surface area contributed by atoms with E-state index in [-0.39, 0.29) is 0 Å². The molecule has 0 saturated heterocycles. The SMILES string of the molecule is CCCCCCCCc1cccc2nc3cc4oc5c(Cl)c6c(c(Cl)c5nc4cc3c12)Oc1cc2c(cc1N6)c1ccccc1n2CCCCCCCC. The van der Waals surface area contributed by atoms with E-state index in [1.807, 2.05) is 6.07 Å². The molecule has 8 aromatic rings. The molecular weight excluding hydrogens is 711 g/mol. The second kappa shape index (κ2) is 15.0. The number of halogens is 2. The number of unbranched alkanes of at least 4 members (excludes halogenated alkanes) is 10. The fourth-order valence-electron chi connectivity index (χ4n) is 8.50. The minimum absolute atomic E-state index is 0.357. The Hall–Kier alpha value is -4.52. The van der Waals surface area contributed by atoms with Crippen LogP contribution in [0.4, 0.5) is 11.4 Å². The molecule has 5 aromatic carbocycles. The summed E-state index contributed by atoms with van der Waals surface area (Å²) >= 11 is 14.3. The van der Waals surface area contributed by atoms with Crippen molar-refractivity contribution in [2.75, 3.05) is 5.32 Å². The van der Waals surface area contributed by atoms with Crippen molar-refractivity contribution < 1.29 is 9.15 Å². The zero-order chi connectivity index (χ0) is 36.8. The van der Waals surface area contributed by atoms with Gasteiger partial charge in [0.2, 0.25) is 0 Å². The summed E-state index contributed by atoms with van der Waals surface area (Å²) in [7, 11) is 0. The van der Waals surface area contributed by atoms with Crippen LogP contribution in [0.15, 0.2) is 71.1 Å². The first kappa shape index (κ1) is 35.2. The van der Waals surface area contributed by atoms with Crippen molar-refractivity contribution >= 4 is 100 Å². The number of anilines is 2. The van der Waals surface area contributed by atoms with Gasteiger partial charge < -0.3 is 19.0 Å². The molecule has 0 radical (unpaired) electrons. The third-order valence-electron chi connectivity index (χ3n) is 11.3. The molecule has 8 heteroatoms. The van der Waals surface area contributed by atoms with Crippen LogP contribution in [-0.2, 0) is 13.0 Å². The van der Waals surface area contributed by atoms with Crippen LogP contribution in [0.5, 0.6) is 11.5 Å². The number of aromatic nitrogens is 3. The Bertz CT molecular complexity index is 2690. The van der Waals surface area contributed by atoms with Crippen molar-refractivity contribution in [3.63, 3.8) is 0 Å². The quantitative estimate of drug-likeness (QED) is 0.0884. The van der Waals surface area contributed by atoms with Crippen LogP contribution in [0.25, 0.3) is 65.8 Å². The number of hydrogen-bond acceptors (Lipinski definition) is 5. The highest BCUT2D eigenvalue weighted by atomic mass is 35.5. The van der Waals surface area contributed by atoms with Gasteiger partial charge in [-0.3, -0.25) is 0 Å². The van der Waals surface area contributed by atoms with Gasteiger partial charge in [0.15, 0.2) is 22.7 Å². The molecule has 54 heavy (non-hydrogen) atoms. The van der Waals surface area contributed by atoms with Gasteiger partial charge >= 0.3 is 0 Å². The smallest absolute Gasteiger partial charge is 0.175 e. The summed E-state index contributed by atoms with van der Waals surface area (Å²) in [5.41, 5.74) is 9.15. The van der Waals surface area contributed by atoms with Crippen LogP contribution >= 0.6 is 23.2 Å². The summed E-state index contributed by atoms with van der Waals surface area (Å²) in [5.74, 6) is 1.15. The van der Waals surface area contributed by atoms with Crippen LogP contribution in [0.3, 0.4) is 0 Å². The highest BCUT2D eigenvalue weighted by Gasteiger charge is 2.29. The van der Waals surface area contributed by atoms with Gasteiger partial charge in [-0.2, -0.15) is 0 Å². The number of nitrogens with one attached hydrogen (secondary N) is 1. The van der Waals surface area contributed by atoms with Crippen LogP contribution < -0.4 is 10.1 Å². The highest BCUT2D eigenvalue weighted by Crippen LogP contribution is 2.54. The summed E-state index contributed by atoms with van der Waals surface area (Å²) in [4.78, 5) is 10.1. The van der Waals surface area contributed by atoms with Crippen molar-refractivity contribution in [2.45, 2.75) is 104 Å². The van der Waals surface area contributed by atoms with Crippen LogP contribution in [0.2, 0.25) is 10.0 Å². The van der Waals surface area contributed by atoms with Crippen molar-refractivity contribution in [2.24, 2.45) is 0 Å². The third-order valence-corrected chi connectivity index (χ3v) is 12.0. The van der Waals surface area contributed by atoms with Gasteiger partial charge in [-0.1, -0.05) is 132 Å². The predicted molar refractivity (Wildman–Crippen MR) is 228 cm³/mol. The van der Waals surface area contributed by atoms with Crippen LogP contribution in [0, 0.1) is 0 Å². The van der Waals surface area contributed by atoms with E-state index in [4.69, 9.17) is 42.3 Å². The second-order valence-electron chi connectivity index (χ2n) is 15.0. The van der Waals surface area contributed by atoms with E-state index in [0.29, 0.717) is 49.4 Å². The van der Waals surface area contributed by atoms with Gasteiger partial charge in [-0.05, 0) is 49.1 Å². The van der Waals surface area contributed by atoms with Crippen LogP contribution in [-0.4, -0.2) is 14.5 Å². The minimum atomic E-state index is 0.357. The molecule has 1 aliphatic rings. The van der Waals surface area contributed by atoms with Gasteiger partial charge in [-0.15, -0.1) is 0 Å². The maximum absolute atomic E-state index is 7.19. The number of aryl methyl sites for hydroxylation is 2. The first-order valence-electron chi connectivity index (χ1n) is 20.0. The second-order valence-corrected chi connectivity index (χ2v) is 15.8. The normalized spacial score (nSPS) is 12.7. The van der Waals surface area contributed by atoms with E-state index < -0.39 is 0 Å². The fraction of sp³-hybridized carbons (Fsp3) is 0.348. The first-order chi connectivity index (χ1) is 26.5. The fourth-order valence-corrected chi connectivity index (χ4v) is 9.02. The Kier molecular flexibility index (Phi) is 9.75. The Morgan fingerprint density at radius 3 is 2.28 bits per heavy atom. The molecule has 0 atom stereocenters. The maximum Gasteiger partial charge on any atom is 0.175 e. The number of fused-ring (bicyclic) bond motifs is 10. The highest BCUT2D eigenvalue weighted by molar-refractivity contribution is 6.43. The molecule has 0 fully saturated rings. The molecule has 6 nitrogen and oxygen atoms in total. The molecule has 4 heterocycles. The minimum Gasteiger partial charge on any atom is -0.451 e. The summed E-state index contributed by atoms with van der Waals surface area (Å²) in [6, 6.07) is 23.5. The molecule has 0 unspecified atom stereocenters. The third kappa shape index (κ3) is 6.21.